The summed E-state index contributed by atoms with van der Waals surface area (Å²) in [6, 6.07) is 0.0919. The topological polar surface area (TPSA) is 64.6 Å². The fourth-order valence-electron chi connectivity index (χ4n) is 2.34. The van der Waals surface area contributed by atoms with Gasteiger partial charge in [0, 0.05) is 32.2 Å². The fraction of sp³-hybridized carbons (Fsp3) is 0.917. The number of piperazine rings is 1. The Morgan fingerprint density at radius 1 is 1.41 bits per heavy atom. The highest BCUT2D eigenvalue weighted by Crippen LogP contribution is 2.10. The molecule has 0 spiro atoms. The van der Waals surface area contributed by atoms with Gasteiger partial charge >= 0.3 is 0 Å². The van der Waals surface area contributed by atoms with Crippen LogP contribution in [0.2, 0.25) is 0 Å². The zero-order valence-electron chi connectivity index (χ0n) is 10.9. The Morgan fingerprint density at radius 2 is 2.12 bits per heavy atom. The number of hydrogen-bond donors (Lipinski definition) is 3. The number of hydrogen-bond acceptors (Lipinski definition) is 4. The number of nitrogens with one attached hydrogen (secondary N) is 2. The zero-order valence-corrected chi connectivity index (χ0v) is 10.9. The van der Waals surface area contributed by atoms with E-state index >= 15 is 0 Å². The van der Waals surface area contributed by atoms with Crippen molar-refractivity contribution in [2.75, 3.05) is 32.8 Å². The quantitative estimate of drug-likeness (QED) is 0.592. The van der Waals surface area contributed by atoms with Crippen LogP contribution in [0, 0.1) is 0 Å². The number of carbonyl (C=O) groups is 1. The smallest absolute Gasteiger partial charge is 0.241 e. The first-order valence-corrected chi connectivity index (χ1v) is 6.60. The summed E-state index contributed by atoms with van der Waals surface area (Å²) < 4.78 is 0. The molecule has 3 N–H and O–H groups in total. The highest BCUT2D eigenvalue weighted by molar-refractivity contribution is 5.82. The lowest BCUT2D eigenvalue weighted by atomic mass is 10.1. The van der Waals surface area contributed by atoms with Crippen LogP contribution >= 0.6 is 0 Å². The van der Waals surface area contributed by atoms with Gasteiger partial charge in [-0.1, -0.05) is 13.8 Å². The Hall–Kier alpha value is -0.650. The molecule has 0 radical (unpaired) electrons. The second-order valence-corrected chi connectivity index (χ2v) is 4.44. The van der Waals surface area contributed by atoms with Crippen LogP contribution in [0.25, 0.3) is 0 Å². The van der Waals surface area contributed by atoms with Crippen LogP contribution < -0.4 is 10.6 Å². The molecule has 1 unspecified atom stereocenters. The molecule has 17 heavy (non-hydrogen) atoms. The summed E-state index contributed by atoms with van der Waals surface area (Å²) in [6.45, 7) is 7.05. The van der Waals surface area contributed by atoms with Crippen molar-refractivity contribution in [2.45, 2.75) is 38.8 Å². The lowest BCUT2D eigenvalue weighted by Crippen LogP contribution is -2.58. The van der Waals surface area contributed by atoms with E-state index in [1.807, 2.05) is 4.90 Å². The van der Waals surface area contributed by atoms with Gasteiger partial charge in [-0.15, -0.1) is 0 Å². The van der Waals surface area contributed by atoms with Crippen molar-refractivity contribution < 1.29 is 9.90 Å². The van der Waals surface area contributed by atoms with Gasteiger partial charge in [0.2, 0.25) is 5.91 Å². The maximum absolute atomic E-state index is 12.4. The summed E-state index contributed by atoms with van der Waals surface area (Å²) in [5, 5.41) is 15.5. The molecule has 0 aromatic carbocycles. The Bertz CT molecular complexity index is 226. The van der Waals surface area contributed by atoms with Crippen LogP contribution in [0.5, 0.6) is 0 Å². The number of rotatable bonds is 6. The average molecular weight is 243 g/mol. The van der Waals surface area contributed by atoms with Gasteiger partial charge in [0.1, 0.15) is 0 Å². The van der Waals surface area contributed by atoms with Gasteiger partial charge in [0.05, 0.1) is 12.6 Å². The molecule has 1 amide bonds. The van der Waals surface area contributed by atoms with E-state index in [4.69, 9.17) is 5.11 Å². The largest absolute Gasteiger partial charge is 0.395 e. The highest BCUT2D eigenvalue weighted by atomic mass is 16.3. The van der Waals surface area contributed by atoms with E-state index in [0.717, 1.165) is 25.9 Å². The summed E-state index contributed by atoms with van der Waals surface area (Å²) in [6.07, 6.45) is 1.87. The third-order valence-corrected chi connectivity index (χ3v) is 3.35. The molecule has 0 aromatic rings. The minimum atomic E-state index is -0.143. The lowest BCUT2D eigenvalue weighted by molar-refractivity contribution is -0.136. The summed E-state index contributed by atoms with van der Waals surface area (Å²) in [5.41, 5.74) is 0. The standard InChI is InChI=1S/C12H25N3O2/c1-3-10(4-2)15(7-8-16)12(17)11-9-13-5-6-14-11/h10-11,13-14,16H,3-9H2,1-2H3. The molecule has 1 fully saturated rings. The van der Waals surface area contributed by atoms with E-state index in [1.54, 1.807) is 0 Å². The van der Waals surface area contributed by atoms with E-state index in [1.165, 1.54) is 0 Å². The number of aliphatic hydroxyl groups is 1. The highest BCUT2D eigenvalue weighted by Gasteiger charge is 2.28. The maximum Gasteiger partial charge on any atom is 0.241 e. The molecule has 5 nitrogen and oxygen atoms in total. The van der Waals surface area contributed by atoms with Gasteiger partial charge in [-0.05, 0) is 12.8 Å². The molecule has 0 bridgehead atoms. The number of carbonyl (C=O) groups excluding carboxylic acids is 1. The summed E-state index contributed by atoms with van der Waals surface area (Å²) in [4.78, 5) is 14.2. The Balaban J connectivity index is 2.63. The van der Waals surface area contributed by atoms with Crippen molar-refractivity contribution in [3.8, 4) is 0 Å². The first-order valence-electron chi connectivity index (χ1n) is 6.60. The monoisotopic (exact) mass is 243 g/mol. The van der Waals surface area contributed by atoms with Gasteiger partial charge in [0.25, 0.3) is 0 Å². The predicted octanol–water partition coefficient (Wildman–Crippen LogP) is -0.443. The van der Waals surface area contributed by atoms with Crippen LogP contribution in [0.3, 0.4) is 0 Å². The number of aliphatic hydroxyl groups excluding tert-OH is 1. The van der Waals surface area contributed by atoms with Crippen molar-refractivity contribution in [2.24, 2.45) is 0 Å². The van der Waals surface area contributed by atoms with Crippen molar-refractivity contribution in [1.82, 2.24) is 15.5 Å². The van der Waals surface area contributed by atoms with E-state index in [2.05, 4.69) is 24.5 Å². The molecule has 1 atom stereocenters. The molecule has 1 aliphatic rings. The maximum atomic E-state index is 12.4. The molecule has 0 aliphatic carbocycles. The Labute approximate surface area is 104 Å². The van der Waals surface area contributed by atoms with Crippen LogP contribution in [0.4, 0.5) is 0 Å². The molecule has 1 saturated heterocycles. The second kappa shape index (κ2) is 7.63. The van der Waals surface area contributed by atoms with E-state index in [0.29, 0.717) is 13.1 Å². The van der Waals surface area contributed by atoms with Crippen molar-refractivity contribution >= 4 is 5.91 Å². The average Bonchev–Trinajstić information content (AvgIpc) is 2.39. The third kappa shape index (κ3) is 3.94. The fourth-order valence-corrected chi connectivity index (χ4v) is 2.34. The van der Waals surface area contributed by atoms with Crippen molar-refractivity contribution in [1.29, 1.82) is 0 Å². The van der Waals surface area contributed by atoms with Gasteiger partial charge in [-0.2, -0.15) is 0 Å². The molecular formula is C12H25N3O2. The van der Waals surface area contributed by atoms with Crippen LogP contribution in [-0.2, 0) is 4.79 Å². The zero-order chi connectivity index (χ0) is 12.7. The molecule has 5 heteroatoms. The van der Waals surface area contributed by atoms with Crippen molar-refractivity contribution in [3.63, 3.8) is 0 Å². The van der Waals surface area contributed by atoms with E-state index in [-0.39, 0.29) is 24.6 Å². The summed E-state index contributed by atoms with van der Waals surface area (Å²) >= 11 is 0. The Morgan fingerprint density at radius 3 is 2.59 bits per heavy atom. The van der Waals surface area contributed by atoms with Crippen LogP contribution in [-0.4, -0.2) is 60.8 Å². The first kappa shape index (κ1) is 14.4. The molecule has 0 saturated carbocycles. The first-order chi connectivity index (χ1) is 8.24. The summed E-state index contributed by atoms with van der Waals surface area (Å²) in [5.74, 6) is 0.111. The van der Waals surface area contributed by atoms with E-state index in [9.17, 15) is 4.79 Å². The van der Waals surface area contributed by atoms with Gasteiger partial charge in [0.15, 0.2) is 0 Å². The minimum absolute atomic E-state index is 0.0301. The summed E-state index contributed by atoms with van der Waals surface area (Å²) in [7, 11) is 0. The molecule has 0 aromatic heterocycles. The van der Waals surface area contributed by atoms with Crippen LogP contribution in [0.15, 0.2) is 0 Å². The second-order valence-electron chi connectivity index (χ2n) is 4.44. The van der Waals surface area contributed by atoms with E-state index < -0.39 is 0 Å². The molecule has 1 heterocycles. The van der Waals surface area contributed by atoms with Crippen LogP contribution in [0.1, 0.15) is 26.7 Å². The number of nitrogens with zero attached hydrogens (tertiary/aromatic N) is 1. The molecule has 1 aliphatic heterocycles. The lowest BCUT2D eigenvalue weighted by Gasteiger charge is -2.35. The van der Waals surface area contributed by atoms with Gasteiger partial charge < -0.3 is 20.6 Å². The Kier molecular flexibility index (Phi) is 6.47. The number of amides is 1. The molecular weight excluding hydrogens is 218 g/mol. The normalized spacial score (nSPS) is 20.6. The SMILES string of the molecule is CCC(CC)N(CCO)C(=O)C1CNCCN1. The third-order valence-electron chi connectivity index (χ3n) is 3.35. The molecule has 1 rings (SSSR count). The predicted molar refractivity (Wildman–Crippen MR) is 67.8 cm³/mol. The van der Waals surface area contributed by atoms with Gasteiger partial charge in [-0.25, -0.2) is 0 Å². The minimum Gasteiger partial charge on any atom is -0.395 e. The van der Waals surface area contributed by atoms with Gasteiger partial charge in [-0.3, -0.25) is 4.79 Å². The van der Waals surface area contributed by atoms with Crippen molar-refractivity contribution in [3.05, 3.63) is 0 Å². The molecule has 100 valence electrons.